The number of hydrogen-bond donors (Lipinski definition) is 1. The number of ether oxygens (including phenoxy) is 1. The Morgan fingerprint density at radius 1 is 0.973 bits per heavy atom. The van der Waals surface area contributed by atoms with E-state index in [2.05, 4.69) is 9.88 Å². The molecule has 9 nitrogen and oxygen atoms in total. The quantitative estimate of drug-likeness (QED) is 0.607. The molecule has 1 N–H and O–H groups in total. The second-order valence-corrected chi connectivity index (χ2v) is 10.8. The molecule has 0 spiro atoms. The molecule has 3 fully saturated rings. The van der Waals surface area contributed by atoms with Crippen LogP contribution < -0.4 is 10.5 Å². The summed E-state index contributed by atoms with van der Waals surface area (Å²) < 4.78 is 7.18. The van der Waals surface area contributed by atoms with Gasteiger partial charge in [0.2, 0.25) is 0 Å². The molecule has 9 heteroatoms. The van der Waals surface area contributed by atoms with E-state index in [1.807, 2.05) is 28.8 Å². The van der Waals surface area contributed by atoms with Gasteiger partial charge in [0.15, 0.2) is 5.82 Å². The number of anilines is 1. The van der Waals surface area contributed by atoms with Crippen molar-refractivity contribution in [1.82, 2.24) is 14.5 Å². The van der Waals surface area contributed by atoms with Gasteiger partial charge in [-0.15, -0.1) is 0 Å². The summed E-state index contributed by atoms with van der Waals surface area (Å²) in [4.78, 5) is 47.5. The number of hydrogen-bond acceptors (Lipinski definition) is 7. The van der Waals surface area contributed by atoms with Gasteiger partial charge in [0, 0.05) is 25.7 Å². The first kappa shape index (κ1) is 25.7. The summed E-state index contributed by atoms with van der Waals surface area (Å²) in [5.74, 6) is -0.813. The summed E-state index contributed by atoms with van der Waals surface area (Å²) >= 11 is 0. The highest BCUT2D eigenvalue weighted by atomic mass is 16.5. The van der Waals surface area contributed by atoms with Crippen LogP contribution in [0.1, 0.15) is 76.7 Å². The minimum absolute atomic E-state index is 0.0514. The monoisotopic (exact) mass is 510 g/mol. The summed E-state index contributed by atoms with van der Waals surface area (Å²) in [6.07, 6.45) is 9.88. The van der Waals surface area contributed by atoms with Gasteiger partial charge in [0.1, 0.15) is 11.6 Å². The standard InChI is InChI=1S/C28H38N4O5/c1-37-27(36)28(15-7-3-2-4-8-16-28)30-18-13-20(14-19-30)32-22-11-6-5-10-21(22)29-24(25(32)33)31-17-9-12-23(31)26(34)35/h5-6,10-11,20,23H,2-4,7-9,12-19H2,1H3,(H,34,35)/t23-/m0/s1. The number of carbonyl (C=O) groups is 2. The number of piperidine rings is 1. The van der Waals surface area contributed by atoms with Crippen LogP contribution in [0.2, 0.25) is 0 Å². The minimum atomic E-state index is -0.918. The highest BCUT2D eigenvalue weighted by molar-refractivity contribution is 5.81. The van der Waals surface area contributed by atoms with Crippen molar-refractivity contribution in [2.75, 3.05) is 31.6 Å². The number of aromatic nitrogens is 2. The summed E-state index contributed by atoms with van der Waals surface area (Å²) in [6.45, 7) is 1.93. The van der Waals surface area contributed by atoms with Gasteiger partial charge in [-0.1, -0.05) is 44.2 Å². The lowest BCUT2D eigenvalue weighted by Crippen LogP contribution is -2.58. The van der Waals surface area contributed by atoms with Crippen LogP contribution in [0.4, 0.5) is 5.82 Å². The van der Waals surface area contributed by atoms with E-state index in [4.69, 9.17) is 4.74 Å². The highest BCUT2D eigenvalue weighted by Gasteiger charge is 2.46. The Morgan fingerprint density at radius 3 is 2.32 bits per heavy atom. The van der Waals surface area contributed by atoms with Crippen LogP contribution in [0.3, 0.4) is 0 Å². The van der Waals surface area contributed by atoms with Gasteiger partial charge in [-0.2, -0.15) is 0 Å². The SMILES string of the molecule is COC(=O)C1(N2CCC(n3c(=O)c(N4CCC[C@H]4C(=O)O)nc4ccccc43)CC2)CCCCCCC1. The number of methoxy groups -OCH3 is 1. The molecule has 37 heavy (non-hydrogen) atoms. The smallest absolute Gasteiger partial charge is 0.326 e. The molecule has 1 saturated carbocycles. The van der Waals surface area contributed by atoms with E-state index in [0.717, 1.165) is 63.3 Å². The van der Waals surface area contributed by atoms with Crippen molar-refractivity contribution in [1.29, 1.82) is 0 Å². The third-order valence-electron chi connectivity index (χ3n) is 8.77. The van der Waals surface area contributed by atoms with Crippen LogP contribution in [-0.4, -0.2) is 69.8 Å². The fraction of sp³-hybridized carbons (Fsp3) is 0.643. The maximum Gasteiger partial charge on any atom is 0.326 e. The maximum absolute atomic E-state index is 13.9. The van der Waals surface area contributed by atoms with Crippen molar-refractivity contribution < 1.29 is 19.4 Å². The predicted octanol–water partition coefficient (Wildman–Crippen LogP) is 3.74. The van der Waals surface area contributed by atoms with Gasteiger partial charge < -0.3 is 19.3 Å². The van der Waals surface area contributed by atoms with Gasteiger partial charge in [-0.3, -0.25) is 14.5 Å². The van der Waals surface area contributed by atoms with Crippen LogP contribution in [0, 0.1) is 0 Å². The highest BCUT2D eigenvalue weighted by Crippen LogP contribution is 2.37. The molecule has 1 aliphatic carbocycles. The van der Waals surface area contributed by atoms with Crippen molar-refractivity contribution in [3.8, 4) is 0 Å². The number of carboxylic acids is 1. The molecule has 1 aromatic carbocycles. The van der Waals surface area contributed by atoms with Crippen LogP contribution in [0.15, 0.2) is 29.1 Å². The number of rotatable bonds is 5. The average molecular weight is 511 g/mol. The predicted molar refractivity (Wildman–Crippen MR) is 141 cm³/mol. The van der Waals surface area contributed by atoms with Crippen molar-refractivity contribution in [2.24, 2.45) is 0 Å². The first-order chi connectivity index (χ1) is 18.0. The van der Waals surface area contributed by atoms with E-state index in [1.54, 1.807) is 4.90 Å². The number of esters is 1. The number of fused-ring (bicyclic) bond motifs is 1. The van der Waals surface area contributed by atoms with E-state index in [1.165, 1.54) is 13.5 Å². The Hall–Kier alpha value is -2.94. The first-order valence-corrected chi connectivity index (χ1v) is 13.8. The van der Waals surface area contributed by atoms with Crippen LogP contribution in [0.25, 0.3) is 11.0 Å². The summed E-state index contributed by atoms with van der Waals surface area (Å²) in [5.41, 5.74) is 0.663. The number of likely N-dealkylation sites (tertiary alicyclic amines) is 1. The molecule has 1 atom stereocenters. The number of aliphatic carboxylic acids is 1. The Balaban J connectivity index is 1.46. The molecule has 0 amide bonds. The van der Waals surface area contributed by atoms with Crippen molar-refractivity contribution in [3.63, 3.8) is 0 Å². The van der Waals surface area contributed by atoms with Gasteiger partial charge in [-0.25, -0.2) is 9.78 Å². The Kier molecular flexibility index (Phi) is 7.51. The van der Waals surface area contributed by atoms with Crippen LogP contribution >= 0.6 is 0 Å². The first-order valence-electron chi connectivity index (χ1n) is 13.8. The second kappa shape index (κ2) is 10.8. The fourth-order valence-corrected chi connectivity index (χ4v) is 6.85. The Labute approximate surface area is 217 Å². The zero-order chi connectivity index (χ0) is 26.0. The lowest BCUT2D eigenvalue weighted by Gasteiger charge is -2.46. The second-order valence-electron chi connectivity index (χ2n) is 10.8. The van der Waals surface area contributed by atoms with Gasteiger partial charge >= 0.3 is 11.9 Å². The molecule has 3 heterocycles. The Morgan fingerprint density at radius 2 is 1.65 bits per heavy atom. The molecule has 5 rings (SSSR count). The lowest BCUT2D eigenvalue weighted by atomic mass is 9.81. The third-order valence-corrected chi connectivity index (χ3v) is 8.77. The largest absolute Gasteiger partial charge is 0.480 e. The number of para-hydroxylation sites is 2. The molecule has 2 aromatic rings. The molecule has 0 radical (unpaired) electrons. The Bertz CT molecular complexity index is 1190. The van der Waals surface area contributed by atoms with Crippen LogP contribution in [-0.2, 0) is 14.3 Å². The van der Waals surface area contributed by atoms with E-state index in [0.29, 0.717) is 31.6 Å². The van der Waals surface area contributed by atoms with E-state index < -0.39 is 17.6 Å². The molecular formula is C28H38N4O5. The zero-order valence-electron chi connectivity index (χ0n) is 21.7. The maximum atomic E-state index is 13.9. The van der Waals surface area contributed by atoms with Gasteiger partial charge in [-0.05, 0) is 50.7 Å². The zero-order valence-corrected chi connectivity index (χ0v) is 21.7. The molecule has 200 valence electrons. The molecule has 2 aliphatic heterocycles. The van der Waals surface area contributed by atoms with E-state index in [9.17, 15) is 19.5 Å². The van der Waals surface area contributed by atoms with E-state index >= 15 is 0 Å². The molecule has 2 saturated heterocycles. The number of carbonyl (C=O) groups excluding carboxylic acids is 1. The summed E-state index contributed by atoms with van der Waals surface area (Å²) in [6, 6.07) is 6.83. The number of nitrogens with zero attached hydrogens (tertiary/aromatic N) is 4. The topological polar surface area (TPSA) is 105 Å². The third kappa shape index (κ3) is 4.74. The molecular weight excluding hydrogens is 472 g/mol. The number of carboxylic acid groups (broad SMARTS) is 1. The van der Waals surface area contributed by atoms with E-state index in [-0.39, 0.29) is 23.4 Å². The number of benzene rings is 1. The van der Waals surface area contributed by atoms with Gasteiger partial charge in [0.25, 0.3) is 5.56 Å². The molecule has 1 aromatic heterocycles. The van der Waals surface area contributed by atoms with Crippen molar-refractivity contribution >= 4 is 28.8 Å². The van der Waals surface area contributed by atoms with Crippen molar-refractivity contribution in [2.45, 2.75) is 88.3 Å². The molecule has 3 aliphatic rings. The fourth-order valence-electron chi connectivity index (χ4n) is 6.85. The molecule has 0 bridgehead atoms. The summed E-state index contributed by atoms with van der Waals surface area (Å²) in [5, 5.41) is 9.73. The van der Waals surface area contributed by atoms with Crippen LogP contribution in [0.5, 0.6) is 0 Å². The van der Waals surface area contributed by atoms with Crippen molar-refractivity contribution in [3.05, 3.63) is 34.6 Å². The van der Waals surface area contributed by atoms with Gasteiger partial charge in [0.05, 0.1) is 18.1 Å². The minimum Gasteiger partial charge on any atom is -0.480 e. The normalized spacial score (nSPS) is 23.5. The molecule has 0 unspecified atom stereocenters. The lowest BCUT2D eigenvalue weighted by molar-refractivity contribution is -0.158. The average Bonchev–Trinajstić information content (AvgIpc) is 3.39. The summed E-state index contributed by atoms with van der Waals surface area (Å²) in [7, 11) is 1.49.